The second-order valence-corrected chi connectivity index (χ2v) is 6.92. The lowest BCUT2D eigenvalue weighted by Crippen LogP contribution is -2.36. The Balaban J connectivity index is 1.36. The Hall–Kier alpha value is -3.53. The Kier molecular flexibility index (Phi) is 5.57. The number of fused-ring (bicyclic) bond motifs is 1. The molecule has 1 saturated heterocycles. The van der Waals surface area contributed by atoms with E-state index in [4.69, 9.17) is 9.47 Å². The van der Waals surface area contributed by atoms with Crippen LogP contribution in [-0.2, 0) is 14.3 Å². The lowest BCUT2D eigenvalue weighted by Gasteiger charge is -2.28. The van der Waals surface area contributed by atoms with E-state index in [-0.39, 0.29) is 5.82 Å². The zero-order valence-electron chi connectivity index (χ0n) is 16.7. The Morgan fingerprint density at radius 1 is 1.17 bits per heavy atom. The van der Waals surface area contributed by atoms with Crippen molar-refractivity contribution >= 4 is 29.0 Å². The van der Waals surface area contributed by atoms with Gasteiger partial charge in [0.15, 0.2) is 6.10 Å². The monoisotopic (exact) mass is 410 g/mol. The normalized spacial score (nSPS) is 15.1. The number of morpholine rings is 1. The fourth-order valence-electron chi connectivity index (χ4n) is 3.08. The molecule has 0 aliphatic carbocycles. The van der Waals surface area contributed by atoms with Gasteiger partial charge in [-0.15, -0.1) is 5.10 Å². The number of rotatable bonds is 5. The van der Waals surface area contributed by atoms with Gasteiger partial charge in [-0.2, -0.15) is 4.98 Å². The largest absolute Gasteiger partial charge is 0.447 e. The standard InChI is InChI=1S/C20H22N6O4/c1-13-7-8-21-20-23-17(24-26(13)20)19(28)30-14(2)18(27)22-15-3-5-16(6-4-15)25-9-11-29-12-10-25/h3-8,14H,9-12H2,1-2H3,(H,22,27)/t14-/m0/s1. The van der Waals surface area contributed by atoms with Crippen molar-refractivity contribution in [2.24, 2.45) is 0 Å². The summed E-state index contributed by atoms with van der Waals surface area (Å²) in [6.07, 6.45) is 0.562. The average molecular weight is 410 g/mol. The number of ether oxygens (including phenoxy) is 2. The van der Waals surface area contributed by atoms with Crippen LogP contribution in [-0.4, -0.2) is 63.9 Å². The first-order chi connectivity index (χ1) is 14.5. The van der Waals surface area contributed by atoms with Crippen molar-refractivity contribution in [3.05, 3.63) is 48.0 Å². The number of amides is 1. The minimum atomic E-state index is -1.02. The van der Waals surface area contributed by atoms with Gasteiger partial charge in [-0.25, -0.2) is 14.3 Å². The van der Waals surface area contributed by atoms with Crippen LogP contribution in [0.2, 0.25) is 0 Å². The fourth-order valence-corrected chi connectivity index (χ4v) is 3.08. The number of aryl methyl sites for hydroxylation is 1. The molecule has 156 valence electrons. The van der Waals surface area contributed by atoms with Gasteiger partial charge < -0.3 is 19.7 Å². The Morgan fingerprint density at radius 2 is 1.90 bits per heavy atom. The number of anilines is 2. The molecule has 1 aliphatic heterocycles. The Morgan fingerprint density at radius 3 is 2.60 bits per heavy atom. The molecule has 1 aromatic carbocycles. The number of hydrogen-bond donors (Lipinski definition) is 1. The van der Waals surface area contributed by atoms with E-state index >= 15 is 0 Å². The quantitative estimate of drug-likeness (QED) is 0.629. The highest BCUT2D eigenvalue weighted by molar-refractivity contribution is 5.96. The van der Waals surface area contributed by atoms with Crippen molar-refractivity contribution < 1.29 is 19.1 Å². The molecule has 1 atom stereocenters. The SMILES string of the molecule is Cc1ccnc2nc(C(=O)O[C@@H](C)C(=O)Nc3ccc(N4CCOCC4)cc3)nn12. The third kappa shape index (κ3) is 4.23. The summed E-state index contributed by atoms with van der Waals surface area (Å²) in [7, 11) is 0. The van der Waals surface area contributed by atoms with Crippen LogP contribution in [0.4, 0.5) is 11.4 Å². The number of aromatic nitrogens is 4. The summed E-state index contributed by atoms with van der Waals surface area (Å²) in [6.45, 7) is 6.40. The molecule has 0 unspecified atom stereocenters. The second-order valence-electron chi connectivity index (χ2n) is 6.92. The number of carbonyl (C=O) groups excluding carboxylic acids is 2. The smallest absolute Gasteiger partial charge is 0.379 e. The van der Waals surface area contributed by atoms with Crippen molar-refractivity contribution in [1.82, 2.24) is 19.6 Å². The molecule has 0 spiro atoms. The lowest BCUT2D eigenvalue weighted by molar-refractivity contribution is -0.123. The summed E-state index contributed by atoms with van der Waals surface area (Å²) in [5, 5.41) is 6.83. The van der Waals surface area contributed by atoms with Crippen molar-refractivity contribution in [2.45, 2.75) is 20.0 Å². The summed E-state index contributed by atoms with van der Waals surface area (Å²) in [5.74, 6) is -1.09. The minimum absolute atomic E-state index is 0.147. The molecular weight excluding hydrogens is 388 g/mol. The first-order valence-electron chi connectivity index (χ1n) is 9.64. The van der Waals surface area contributed by atoms with Crippen LogP contribution in [0.15, 0.2) is 36.5 Å². The molecule has 0 saturated carbocycles. The average Bonchev–Trinajstić information content (AvgIpc) is 3.21. The first-order valence-corrected chi connectivity index (χ1v) is 9.64. The second kappa shape index (κ2) is 8.46. The molecule has 2 aromatic heterocycles. The molecule has 30 heavy (non-hydrogen) atoms. The van der Waals surface area contributed by atoms with Crippen LogP contribution in [0.1, 0.15) is 23.2 Å². The van der Waals surface area contributed by atoms with Crippen LogP contribution < -0.4 is 10.2 Å². The van der Waals surface area contributed by atoms with E-state index in [1.165, 1.54) is 11.4 Å². The molecule has 0 bridgehead atoms. The van der Waals surface area contributed by atoms with Gasteiger partial charge in [0.25, 0.3) is 17.5 Å². The fraction of sp³-hybridized carbons (Fsp3) is 0.350. The predicted molar refractivity (Wildman–Crippen MR) is 109 cm³/mol. The van der Waals surface area contributed by atoms with Crippen LogP contribution >= 0.6 is 0 Å². The summed E-state index contributed by atoms with van der Waals surface area (Å²) < 4.78 is 12.0. The van der Waals surface area contributed by atoms with Gasteiger partial charge >= 0.3 is 5.97 Å². The van der Waals surface area contributed by atoms with E-state index in [0.717, 1.165) is 24.5 Å². The highest BCUT2D eigenvalue weighted by Gasteiger charge is 2.23. The van der Waals surface area contributed by atoms with Gasteiger partial charge in [0.05, 0.1) is 13.2 Å². The third-order valence-corrected chi connectivity index (χ3v) is 4.78. The third-order valence-electron chi connectivity index (χ3n) is 4.78. The number of esters is 1. The topological polar surface area (TPSA) is 111 Å². The van der Waals surface area contributed by atoms with Crippen molar-refractivity contribution in [1.29, 1.82) is 0 Å². The summed E-state index contributed by atoms with van der Waals surface area (Å²) in [4.78, 5) is 35.1. The zero-order valence-corrected chi connectivity index (χ0v) is 16.7. The summed E-state index contributed by atoms with van der Waals surface area (Å²) >= 11 is 0. The van der Waals surface area contributed by atoms with Gasteiger partial charge in [-0.3, -0.25) is 4.79 Å². The maximum atomic E-state index is 12.4. The van der Waals surface area contributed by atoms with Crippen molar-refractivity contribution in [3.8, 4) is 0 Å². The van der Waals surface area contributed by atoms with Crippen molar-refractivity contribution in [2.75, 3.05) is 36.5 Å². The number of hydrogen-bond acceptors (Lipinski definition) is 8. The van der Waals surface area contributed by atoms with Gasteiger partial charge in [-0.1, -0.05) is 0 Å². The van der Waals surface area contributed by atoms with Gasteiger partial charge in [0.1, 0.15) is 0 Å². The molecule has 1 amide bonds. The molecule has 1 fully saturated rings. The molecular formula is C20H22N6O4. The van der Waals surface area contributed by atoms with E-state index in [1.807, 2.05) is 31.2 Å². The van der Waals surface area contributed by atoms with Gasteiger partial charge in [0.2, 0.25) is 0 Å². The maximum Gasteiger partial charge on any atom is 0.379 e. The molecule has 3 aromatic rings. The Bertz CT molecular complexity index is 1060. The zero-order chi connectivity index (χ0) is 21.1. The highest BCUT2D eigenvalue weighted by atomic mass is 16.5. The van der Waals surface area contributed by atoms with Crippen molar-refractivity contribution in [3.63, 3.8) is 0 Å². The van der Waals surface area contributed by atoms with Crippen LogP contribution in [0.3, 0.4) is 0 Å². The van der Waals surface area contributed by atoms with Crippen LogP contribution in [0.5, 0.6) is 0 Å². The molecule has 4 rings (SSSR count). The first kappa shape index (κ1) is 19.8. The predicted octanol–water partition coefficient (Wildman–Crippen LogP) is 1.45. The Labute approximate surface area is 172 Å². The molecule has 10 heteroatoms. The molecule has 1 aliphatic rings. The van der Waals surface area contributed by atoms with E-state index in [9.17, 15) is 9.59 Å². The van der Waals surface area contributed by atoms with Gasteiger partial charge in [-0.05, 0) is 44.2 Å². The molecule has 1 N–H and O–H groups in total. The number of carbonyl (C=O) groups is 2. The number of benzene rings is 1. The van der Waals surface area contributed by atoms with E-state index in [0.29, 0.717) is 24.7 Å². The number of nitrogens with zero attached hydrogens (tertiary/aromatic N) is 5. The minimum Gasteiger partial charge on any atom is -0.447 e. The maximum absolute atomic E-state index is 12.4. The lowest BCUT2D eigenvalue weighted by atomic mass is 10.2. The molecule has 10 nitrogen and oxygen atoms in total. The van der Waals surface area contributed by atoms with Crippen LogP contribution in [0.25, 0.3) is 5.78 Å². The number of nitrogens with one attached hydrogen (secondary N) is 1. The van der Waals surface area contributed by atoms with Crippen LogP contribution in [0, 0.1) is 6.92 Å². The molecule has 3 heterocycles. The highest BCUT2D eigenvalue weighted by Crippen LogP contribution is 2.19. The van der Waals surface area contributed by atoms with E-state index < -0.39 is 18.0 Å². The van der Waals surface area contributed by atoms with E-state index in [1.54, 1.807) is 12.3 Å². The summed E-state index contributed by atoms with van der Waals surface area (Å²) in [6, 6.07) is 9.25. The van der Waals surface area contributed by atoms with Gasteiger partial charge in [0, 0.05) is 36.4 Å². The summed E-state index contributed by atoms with van der Waals surface area (Å²) in [5.41, 5.74) is 2.46. The van der Waals surface area contributed by atoms with E-state index in [2.05, 4.69) is 25.3 Å². The molecule has 0 radical (unpaired) electrons.